The van der Waals surface area contributed by atoms with Crippen LogP contribution in [-0.4, -0.2) is 6.04 Å². The smallest absolute Gasteiger partial charge is 0.0344 e. The Balaban J connectivity index is 1.81. The van der Waals surface area contributed by atoms with E-state index in [0.29, 0.717) is 22.9 Å². The molecule has 2 aliphatic rings. The number of fused-ring (bicyclic) bond motifs is 1. The monoisotopic (exact) mass is 244 g/mol. The van der Waals surface area contributed by atoms with E-state index in [2.05, 4.69) is 57.3 Å². The summed E-state index contributed by atoms with van der Waals surface area (Å²) in [5, 5.41) is 3.84. The Morgan fingerprint density at radius 2 is 1.61 bits per heavy atom. The average Bonchev–Trinajstić information content (AvgIpc) is 2.59. The van der Waals surface area contributed by atoms with Gasteiger partial charge in [0, 0.05) is 18.1 Å². The summed E-state index contributed by atoms with van der Waals surface area (Å²) in [4.78, 5) is 0. The van der Waals surface area contributed by atoms with Crippen molar-refractivity contribution in [1.29, 1.82) is 0 Å². The largest absolute Gasteiger partial charge is 0.324 e. The zero-order chi connectivity index (χ0) is 13.1. The molecule has 0 saturated heterocycles. The Morgan fingerprint density at radius 1 is 1.06 bits per heavy atom. The molecular formula is C16H24N2. The lowest BCUT2D eigenvalue weighted by Crippen LogP contribution is -2.26. The molecule has 3 rings (SSSR count). The summed E-state index contributed by atoms with van der Waals surface area (Å²) in [7, 11) is 0. The summed E-state index contributed by atoms with van der Waals surface area (Å²) in [6, 6.07) is 9.83. The van der Waals surface area contributed by atoms with Crippen molar-refractivity contribution in [2.24, 2.45) is 16.6 Å². The van der Waals surface area contributed by atoms with Crippen molar-refractivity contribution in [3.05, 3.63) is 35.4 Å². The highest BCUT2D eigenvalue weighted by atomic mass is 15.1. The minimum atomic E-state index is 0.198. The molecule has 0 aromatic heterocycles. The van der Waals surface area contributed by atoms with Gasteiger partial charge in [0.15, 0.2) is 0 Å². The molecule has 1 fully saturated rings. The quantitative estimate of drug-likeness (QED) is 0.838. The molecule has 98 valence electrons. The van der Waals surface area contributed by atoms with Gasteiger partial charge in [-0.2, -0.15) is 0 Å². The molecule has 1 aromatic carbocycles. The van der Waals surface area contributed by atoms with Crippen molar-refractivity contribution < 1.29 is 0 Å². The van der Waals surface area contributed by atoms with Crippen LogP contribution < -0.4 is 11.1 Å². The molecule has 2 aliphatic carbocycles. The van der Waals surface area contributed by atoms with Crippen molar-refractivity contribution in [2.75, 3.05) is 0 Å². The summed E-state index contributed by atoms with van der Waals surface area (Å²) in [6.45, 7) is 9.41. The number of hydrogen-bond donors (Lipinski definition) is 2. The molecule has 0 bridgehead atoms. The van der Waals surface area contributed by atoms with Crippen LogP contribution in [0.15, 0.2) is 24.3 Å². The molecule has 3 N–H and O–H groups in total. The molecule has 0 aliphatic heterocycles. The molecule has 2 nitrogen and oxygen atoms in total. The van der Waals surface area contributed by atoms with Crippen LogP contribution in [0.5, 0.6) is 0 Å². The molecule has 18 heavy (non-hydrogen) atoms. The highest BCUT2D eigenvalue weighted by molar-refractivity contribution is 5.38. The predicted octanol–water partition coefficient (Wildman–Crippen LogP) is 3.16. The maximum Gasteiger partial charge on any atom is 0.0344 e. The molecule has 2 atom stereocenters. The average molecular weight is 244 g/mol. The third-order valence-corrected chi connectivity index (χ3v) is 5.65. The number of nitrogens with one attached hydrogen (secondary N) is 1. The number of hydrogen-bond acceptors (Lipinski definition) is 2. The third-order valence-electron chi connectivity index (χ3n) is 5.65. The van der Waals surface area contributed by atoms with Gasteiger partial charge in [-0.05, 0) is 28.4 Å². The molecular weight excluding hydrogens is 220 g/mol. The Kier molecular flexibility index (Phi) is 2.43. The second-order valence-electron chi connectivity index (χ2n) is 7.07. The molecule has 0 heterocycles. The minimum absolute atomic E-state index is 0.198. The van der Waals surface area contributed by atoms with Crippen LogP contribution in [0, 0.1) is 10.8 Å². The maximum atomic E-state index is 6.23. The maximum absolute atomic E-state index is 6.23. The Morgan fingerprint density at radius 3 is 2.17 bits per heavy atom. The molecule has 2 heteroatoms. The molecule has 0 radical (unpaired) electrons. The summed E-state index contributed by atoms with van der Waals surface area (Å²) in [5.41, 5.74) is 9.73. The van der Waals surface area contributed by atoms with Gasteiger partial charge in [0.2, 0.25) is 0 Å². The van der Waals surface area contributed by atoms with E-state index in [-0.39, 0.29) is 6.04 Å². The van der Waals surface area contributed by atoms with E-state index >= 15 is 0 Å². The lowest BCUT2D eigenvalue weighted by Gasteiger charge is -2.15. The van der Waals surface area contributed by atoms with Gasteiger partial charge in [0.05, 0.1) is 0 Å². The van der Waals surface area contributed by atoms with Gasteiger partial charge in [0.1, 0.15) is 0 Å². The van der Waals surface area contributed by atoms with Gasteiger partial charge in [0.25, 0.3) is 0 Å². The van der Waals surface area contributed by atoms with Gasteiger partial charge >= 0.3 is 0 Å². The Labute approximate surface area is 110 Å². The van der Waals surface area contributed by atoms with Gasteiger partial charge in [-0.15, -0.1) is 0 Å². The second kappa shape index (κ2) is 3.58. The first-order valence-electron chi connectivity index (χ1n) is 6.96. The van der Waals surface area contributed by atoms with Crippen LogP contribution in [0.4, 0.5) is 0 Å². The standard InChI is InChI=1S/C16H24N2/c1-15(2)14(16(15,3)4)18-13-9-12(17)10-7-5-6-8-11(10)13/h5-8,12-14,18H,9,17H2,1-4H3. The molecule has 1 saturated carbocycles. The van der Waals surface area contributed by atoms with Crippen LogP contribution in [0.2, 0.25) is 0 Å². The van der Waals surface area contributed by atoms with Crippen LogP contribution in [0.1, 0.15) is 57.3 Å². The number of nitrogens with two attached hydrogens (primary N) is 1. The van der Waals surface area contributed by atoms with Crippen molar-refractivity contribution in [3.8, 4) is 0 Å². The fraction of sp³-hybridized carbons (Fsp3) is 0.625. The normalized spacial score (nSPS) is 32.3. The van der Waals surface area contributed by atoms with Crippen LogP contribution in [0.3, 0.4) is 0 Å². The topological polar surface area (TPSA) is 38.0 Å². The highest BCUT2D eigenvalue weighted by Gasteiger charge is 2.65. The summed E-state index contributed by atoms with van der Waals surface area (Å²) >= 11 is 0. The van der Waals surface area contributed by atoms with Gasteiger partial charge < -0.3 is 11.1 Å². The fourth-order valence-electron chi connectivity index (χ4n) is 3.65. The zero-order valence-electron chi connectivity index (χ0n) is 11.8. The fourth-order valence-corrected chi connectivity index (χ4v) is 3.65. The van der Waals surface area contributed by atoms with Crippen molar-refractivity contribution in [2.45, 2.75) is 52.2 Å². The van der Waals surface area contributed by atoms with Crippen molar-refractivity contribution in [3.63, 3.8) is 0 Å². The van der Waals surface area contributed by atoms with Crippen molar-refractivity contribution >= 4 is 0 Å². The van der Waals surface area contributed by atoms with Crippen LogP contribution in [-0.2, 0) is 0 Å². The Bertz CT molecular complexity index is 462. The predicted molar refractivity (Wildman–Crippen MR) is 75.2 cm³/mol. The third kappa shape index (κ3) is 1.49. The minimum Gasteiger partial charge on any atom is -0.324 e. The van der Waals surface area contributed by atoms with Gasteiger partial charge in [-0.1, -0.05) is 52.0 Å². The SMILES string of the molecule is CC1(C)C(NC2CC(N)c3ccccc32)C1(C)C. The first kappa shape index (κ1) is 12.2. The summed E-state index contributed by atoms with van der Waals surface area (Å²) in [5.74, 6) is 0. The van der Waals surface area contributed by atoms with E-state index in [1.165, 1.54) is 11.1 Å². The molecule has 1 aromatic rings. The van der Waals surface area contributed by atoms with Gasteiger partial charge in [-0.25, -0.2) is 0 Å². The van der Waals surface area contributed by atoms with Crippen LogP contribution in [0.25, 0.3) is 0 Å². The Hall–Kier alpha value is -0.860. The molecule has 0 amide bonds. The van der Waals surface area contributed by atoms with E-state index in [4.69, 9.17) is 5.73 Å². The van der Waals surface area contributed by atoms with E-state index < -0.39 is 0 Å². The number of benzene rings is 1. The van der Waals surface area contributed by atoms with Crippen molar-refractivity contribution in [1.82, 2.24) is 5.32 Å². The first-order valence-corrected chi connectivity index (χ1v) is 6.96. The van der Waals surface area contributed by atoms with Gasteiger partial charge in [-0.3, -0.25) is 0 Å². The lowest BCUT2D eigenvalue weighted by atomic mass is 10.0. The van der Waals surface area contributed by atoms with Crippen LogP contribution >= 0.6 is 0 Å². The van der Waals surface area contributed by atoms with E-state index in [1.54, 1.807) is 0 Å². The number of rotatable bonds is 2. The zero-order valence-corrected chi connectivity index (χ0v) is 11.8. The molecule has 2 unspecified atom stereocenters. The lowest BCUT2D eigenvalue weighted by molar-refractivity contribution is 0.451. The second-order valence-corrected chi connectivity index (χ2v) is 7.07. The highest BCUT2D eigenvalue weighted by Crippen LogP contribution is 2.63. The van der Waals surface area contributed by atoms with E-state index in [9.17, 15) is 0 Å². The van der Waals surface area contributed by atoms with E-state index in [1.807, 2.05) is 0 Å². The first-order chi connectivity index (χ1) is 8.35. The summed E-state index contributed by atoms with van der Waals surface area (Å²) < 4.78 is 0. The molecule has 0 spiro atoms. The van der Waals surface area contributed by atoms with E-state index in [0.717, 1.165) is 6.42 Å². The summed E-state index contributed by atoms with van der Waals surface area (Å²) in [6.07, 6.45) is 1.03.